The molecule has 0 aromatic heterocycles. The van der Waals surface area contributed by atoms with Gasteiger partial charge in [0, 0.05) is 0 Å². The number of rotatable bonds is 5. The van der Waals surface area contributed by atoms with Crippen molar-refractivity contribution in [1.29, 1.82) is 0 Å². The highest BCUT2D eigenvalue weighted by atomic mass is 16.3. The lowest BCUT2D eigenvalue weighted by atomic mass is 9.87. The summed E-state index contributed by atoms with van der Waals surface area (Å²) in [6, 6.07) is 8.37. The molecule has 84 valence electrons. The number of aliphatic hydroxyl groups excluding tert-OH is 1. The standard InChI is InChI=1S/C13H21NO/c1-4-13(10-15,14-5-2)12-8-6-11(3)7-9-12/h6-9,14-15H,4-5,10H2,1-3H3. The summed E-state index contributed by atoms with van der Waals surface area (Å²) in [6.07, 6.45) is 0.889. The first-order valence-corrected chi connectivity index (χ1v) is 5.61. The third-order valence-corrected chi connectivity index (χ3v) is 2.99. The van der Waals surface area contributed by atoms with Crippen molar-refractivity contribution in [3.63, 3.8) is 0 Å². The third-order valence-electron chi connectivity index (χ3n) is 2.99. The van der Waals surface area contributed by atoms with Crippen LogP contribution in [0.15, 0.2) is 24.3 Å². The van der Waals surface area contributed by atoms with Crippen molar-refractivity contribution in [2.24, 2.45) is 0 Å². The van der Waals surface area contributed by atoms with E-state index in [1.54, 1.807) is 0 Å². The maximum atomic E-state index is 9.57. The Morgan fingerprint density at radius 3 is 2.20 bits per heavy atom. The van der Waals surface area contributed by atoms with Crippen molar-refractivity contribution in [2.75, 3.05) is 13.2 Å². The number of aryl methyl sites for hydroxylation is 1. The zero-order valence-corrected chi connectivity index (χ0v) is 9.88. The van der Waals surface area contributed by atoms with Crippen LogP contribution in [0, 0.1) is 6.92 Å². The number of hydrogen-bond acceptors (Lipinski definition) is 2. The van der Waals surface area contributed by atoms with Crippen molar-refractivity contribution < 1.29 is 5.11 Å². The van der Waals surface area contributed by atoms with Crippen LogP contribution in [0.5, 0.6) is 0 Å². The molecule has 15 heavy (non-hydrogen) atoms. The molecule has 0 bridgehead atoms. The zero-order valence-electron chi connectivity index (χ0n) is 9.88. The molecule has 2 N–H and O–H groups in total. The Bertz CT molecular complexity index is 288. The minimum atomic E-state index is -0.275. The van der Waals surface area contributed by atoms with Gasteiger partial charge in [-0.2, -0.15) is 0 Å². The van der Waals surface area contributed by atoms with E-state index in [9.17, 15) is 5.11 Å². The molecule has 0 spiro atoms. The number of nitrogens with one attached hydrogen (secondary N) is 1. The lowest BCUT2D eigenvalue weighted by Crippen LogP contribution is -2.45. The van der Waals surface area contributed by atoms with Gasteiger partial charge in [-0.05, 0) is 25.5 Å². The van der Waals surface area contributed by atoms with Crippen LogP contribution in [0.25, 0.3) is 0 Å². The molecule has 0 amide bonds. The van der Waals surface area contributed by atoms with Crippen LogP contribution in [0.3, 0.4) is 0 Å². The molecule has 2 nitrogen and oxygen atoms in total. The number of benzene rings is 1. The molecular weight excluding hydrogens is 186 g/mol. The van der Waals surface area contributed by atoms with Gasteiger partial charge in [0.05, 0.1) is 12.1 Å². The minimum absolute atomic E-state index is 0.139. The van der Waals surface area contributed by atoms with E-state index in [1.807, 2.05) is 0 Å². The molecule has 1 rings (SSSR count). The normalized spacial score (nSPS) is 14.9. The summed E-state index contributed by atoms with van der Waals surface area (Å²) in [4.78, 5) is 0. The average molecular weight is 207 g/mol. The summed E-state index contributed by atoms with van der Waals surface area (Å²) in [5.41, 5.74) is 2.14. The van der Waals surface area contributed by atoms with Gasteiger partial charge in [0.15, 0.2) is 0 Å². The maximum absolute atomic E-state index is 9.57. The summed E-state index contributed by atoms with van der Waals surface area (Å²) in [6.45, 7) is 7.24. The Morgan fingerprint density at radius 2 is 1.80 bits per heavy atom. The summed E-state index contributed by atoms with van der Waals surface area (Å²) in [5.74, 6) is 0. The SMILES string of the molecule is CCNC(CC)(CO)c1ccc(C)cc1. The predicted molar refractivity (Wildman–Crippen MR) is 63.9 cm³/mol. The van der Waals surface area contributed by atoms with E-state index in [2.05, 4.69) is 50.4 Å². The van der Waals surface area contributed by atoms with Gasteiger partial charge in [0.2, 0.25) is 0 Å². The lowest BCUT2D eigenvalue weighted by molar-refractivity contribution is 0.157. The number of aliphatic hydroxyl groups is 1. The van der Waals surface area contributed by atoms with Gasteiger partial charge in [0.25, 0.3) is 0 Å². The largest absolute Gasteiger partial charge is 0.394 e. The molecule has 1 aromatic rings. The Kier molecular flexibility index (Phi) is 4.30. The first kappa shape index (κ1) is 12.2. The molecule has 0 radical (unpaired) electrons. The van der Waals surface area contributed by atoms with E-state index in [0.717, 1.165) is 13.0 Å². The van der Waals surface area contributed by atoms with Crippen LogP contribution in [0.4, 0.5) is 0 Å². The Hall–Kier alpha value is -0.860. The van der Waals surface area contributed by atoms with Crippen LogP contribution in [-0.2, 0) is 5.54 Å². The summed E-state index contributed by atoms with van der Waals surface area (Å²) in [5, 5.41) is 12.9. The van der Waals surface area contributed by atoms with E-state index in [4.69, 9.17) is 0 Å². The number of hydrogen-bond donors (Lipinski definition) is 2. The fourth-order valence-electron chi connectivity index (χ4n) is 1.90. The van der Waals surface area contributed by atoms with Crippen LogP contribution in [0.2, 0.25) is 0 Å². The topological polar surface area (TPSA) is 32.3 Å². The predicted octanol–water partition coefficient (Wildman–Crippen LogP) is 2.20. The van der Waals surface area contributed by atoms with E-state index in [-0.39, 0.29) is 12.1 Å². The Balaban J connectivity index is 3.02. The molecular formula is C13H21NO. The third kappa shape index (κ3) is 2.58. The highest BCUT2D eigenvalue weighted by Gasteiger charge is 2.27. The maximum Gasteiger partial charge on any atom is 0.0666 e. The van der Waals surface area contributed by atoms with Gasteiger partial charge in [0.1, 0.15) is 0 Å². The van der Waals surface area contributed by atoms with Gasteiger partial charge in [-0.1, -0.05) is 43.7 Å². The Morgan fingerprint density at radius 1 is 1.20 bits per heavy atom. The molecule has 0 aliphatic heterocycles. The molecule has 0 saturated carbocycles. The molecule has 2 heteroatoms. The fourth-order valence-corrected chi connectivity index (χ4v) is 1.90. The van der Waals surface area contributed by atoms with Gasteiger partial charge in [-0.25, -0.2) is 0 Å². The first-order valence-electron chi connectivity index (χ1n) is 5.61. The quantitative estimate of drug-likeness (QED) is 0.776. The van der Waals surface area contributed by atoms with Crippen LogP contribution < -0.4 is 5.32 Å². The smallest absolute Gasteiger partial charge is 0.0666 e. The molecule has 0 saturated heterocycles. The average Bonchev–Trinajstić information content (AvgIpc) is 2.27. The molecule has 1 unspecified atom stereocenters. The second kappa shape index (κ2) is 5.29. The van der Waals surface area contributed by atoms with E-state index in [1.165, 1.54) is 11.1 Å². The second-order valence-corrected chi connectivity index (χ2v) is 3.99. The first-order chi connectivity index (χ1) is 7.18. The van der Waals surface area contributed by atoms with Crippen LogP contribution in [0.1, 0.15) is 31.4 Å². The molecule has 1 atom stereocenters. The van der Waals surface area contributed by atoms with Crippen molar-refractivity contribution in [2.45, 2.75) is 32.7 Å². The lowest BCUT2D eigenvalue weighted by Gasteiger charge is -2.32. The molecule has 0 fully saturated rings. The van der Waals surface area contributed by atoms with E-state index >= 15 is 0 Å². The molecule has 0 aliphatic rings. The van der Waals surface area contributed by atoms with Gasteiger partial charge in [-0.15, -0.1) is 0 Å². The van der Waals surface area contributed by atoms with Crippen molar-refractivity contribution in [3.8, 4) is 0 Å². The number of likely N-dealkylation sites (N-methyl/N-ethyl adjacent to an activating group) is 1. The fraction of sp³-hybridized carbons (Fsp3) is 0.538. The Labute approximate surface area is 92.3 Å². The van der Waals surface area contributed by atoms with E-state index < -0.39 is 0 Å². The summed E-state index contributed by atoms with van der Waals surface area (Å²) in [7, 11) is 0. The van der Waals surface area contributed by atoms with Crippen molar-refractivity contribution >= 4 is 0 Å². The van der Waals surface area contributed by atoms with Crippen molar-refractivity contribution in [3.05, 3.63) is 35.4 Å². The van der Waals surface area contributed by atoms with Crippen LogP contribution in [-0.4, -0.2) is 18.3 Å². The molecule has 0 aliphatic carbocycles. The zero-order chi connectivity index (χ0) is 11.3. The van der Waals surface area contributed by atoms with Gasteiger partial charge in [-0.3, -0.25) is 0 Å². The second-order valence-electron chi connectivity index (χ2n) is 3.99. The summed E-state index contributed by atoms with van der Waals surface area (Å²) >= 11 is 0. The highest BCUT2D eigenvalue weighted by Crippen LogP contribution is 2.24. The highest BCUT2D eigenvalue weighted by molar-refractivity contribution is 5.28. The van der Waals surface area contributed by atoms with Gasteiger partial charge < -0.3 is 10.4 Å². The van der Waals surface area contributed by atoms with E-state index in [0.29, 0.717) is 0 Å². The monoisotopic (exact) mass is 207 g/mol. The minimum Gasteiger partial charge on any atom is -0.394 e. The molecule has 0 heterocycles. The summed E-state index contributed by atoms with van der Waals surface area (Å²) < 4.78 is 0. The molecule has 1 aromatic carbocycles. The van der Waals surface area contributed by atoms with Crippen molar-refractivity contribution in [1.82, 2.24) is 5.32 Å². The van der Waals surface area contributed by atoms with Crippen LogP contribution >= 0.6 is 0 Å². The van der Waals surface area contributed by atoms with Gasteiger partial charge >= 0.3 is 0 Å².